The van der Waals surface area contributed by atoms with E-state index in [0.29, 0.717) is 0 Å². The van der Waals surface area contributed by atoms with E-state index in [2.05, 4.69) is 32.9 Å². The molecule has 0 saturated carbocycles. The van der Waals surface area contributed by atoms with Crippen LogP contribution in [0.4, 0.5) is 0 Å². The SMILES string of the molecule is CO[C@@H](c1ccccc1)C(C)(C)C.S. The van der Waals surface area contributed by atoms with E-state index in [9.17, 15) is 0 Å². The van der Waals surface area contributed by atoms with Gasteiger partial charge in [0.05, 0.1) is 6.10 Å². The molecule has 0 spiro atoms. The summed E-state index contributed by atoms with van der Waals surface area (Å²) in [5.74, 6) is 0. The summed E-state index contributed by atoms with van der Waals surface area (Å²) >= 11 is 0. The molecule has 0 radical (unpaired) electrons. The first kappa shape index (κ1) is 13.5. The van der Waals surface area contributed by atoms with Crippen molar-refractivity contribution in [1.82, 2.24) is 0 Å². The average molecular weight is 212 g/mol. The summed E-state index contributed by atoms with van der Waals surface area (Å²) < 4.78 is 5.50. The van der Waals surface area contributed by atoms with E-state index in [-0.39, 0.29) is 25.0 Å². The Hall–Kier alpha value is -0.470. The molecule has 1 atom stereocenters. The quantitative estimate of drug-likeness (QED) is 0.728. The lowest BCUT2D eigenvalue weighted by Gasteiger charge is -2.29. The van der Waals surface area contributed by atoms with E-state index in [1.54, 1.807) is 7.11 Å². The minimum Gasteiger partial charge on any atom is -0.376 e. The van der Waals surface area contributed by atoms with E-state index in [1.165, 1.54) is 5.56 Å². The Morgan fingerprint density at radius 2 is 1.57 bits per heavy atom. The lowest BCUT2D eigenvalue weighted by molar-refractivity contribution is 0.0152. The van der Waals surface area contributed by atoms with Crippen molar-refractivity contribution in [1.29, 1.82) is 0 Å². The van der Waals surface area contributed by atoms with Crippen molar-refractivity contribution < 1.29 is 4.74 Å². The van der Waals surface area contributed by atoms with E-state index >= 15 is 0 Å². The van der Waals surface area contributed by atoms with E-state index in [0.717, 1.165) is 0 Å². The maximum Gasteiger partial charge on any atom is 0.0869 e. The van der Waals surface area contributed by atoms with Crippen LogP contribution >= 0.6 is 13.5 Å². The molecule has 80 valence electrons. The fraction of sp³-hybridized carbons (Fsp3) is 0.500. The van der Waals surface area contributed by atoms with Crippen LogP contribution in [0, 0.1) is 5.41 Å². The third kappa shape index (κ3) is 3.35. The third-order valence-electron chi connectivity index (χ3n) is 2.12. The van der Waals surface area contributed by atoms with Crippen molar-refractivity contribution in [3.63, 3.8) is 0 Å². The summed E-state index contributed by atoms with van der Waals surface area (Å²) in [5, 5.41) is 0. The van der Waals surface area contributed by atoms with E-state index < -0.39 is 0 Å². The van der Waals surface area contributed by atoms with Gasteiger partial charge >= 0.3 is 0 Å². The van der Waals surface area contributed by atoms with Crippen molar-refractivity contribution in [2.45, 2.75) is 26.9 Å². The Morgan fingerprint density at radius 3 is 1.93 bits per heavy atom. The molecule has 0 aliphatic carbocycles. The van der Waals surface area contributed by atoms with Crippen molar-refractivity contribution in [3.05, 3.63) is 35.9 Å². The summed E-state index contributed by atoms with van der Waals surface area (Å²) in [4.78, 5) is 0. The maximum atomic E-state index is 5.50. The van der Waals surface area contributed by atoms with E-state index in [1.807, 2.05) is 18.2 Å². The summed E-state index contributed by atoms with van der Waals surface area (Å²) in [7, 11) is 1.77. The van der Waals surface area contributed by atoms with Crippen LogP contribution < -0.4 is 0 Å². The van der Waals surface area contributed by atoms with Crippen LogP contribution in [0.3, 0.4) is 0 Å². The Kier molecular flexibility index (Phi) is 5.24. The van der Waals surface area contributed by atoms with E-state index in [4.69, 9.17) is 4.74 Å². The molecule has 0 amide bonds. The molecule has 0 aliphatic heterocycles. The highest BCUT2D eigenvalue weighted by atomic mass is 32.1. The molecule has 14 heavy (non-hydrogen) atoms. The molecule has 0 aromatic heterocycles. The van der Waals surface area contributed by atoms with Gasteiger partial charge in [0.15, 0.2) is 0 Å². The number of ether oxygens (including phenoxy) is 1. The molecule has 0 heterocycles. The molecule has 1 aromatic rings. The molecule has 0 fully saturated rings. The Morgan fingerprint density at radius 1 is 1.07 bits per heavy atom. The molecule has 0 unspecified atom stereocenters. The molecule has 2 heteroatoms. The number of benzene rings is 1. The van der Waals surface area contributed by atoms with Crippen LogP contribution in [0.25, 0.3) is 0 Å². The molecule has 1 rings (SSSR count). The first-order valence-corrected chi connectivity index (χ1v) is 4.63. The predicted octanol–water partition coefficient (Wildman–Crippen LogP) is 3.53. The Balaban J connectivity index is 0.00000169. The van der Waals surface area contributed by atoms with Crippen LogP contribution in [0.5, 0.6) is 0 Å². The average Bonchev–Trinajstić information content (AvgIpc) is 2.05. The molecule has 0 aliphatic rings. The highest BCUT2D eigenvalue weighted by Gasteiger charge is 2.25. The fourth-order valence-corrected chi connectivity index (χ4v) is 1.62. The van der Waals surface area contributed by atoms with Gasteiger partial charge < -0.3 is 4.74 Å². The number of hydrogen-bond donors (Lipinski definition) is 0. The van der Waals surface area contributed by atoms with Crippen LogP contribution in [0.2, 0.25) is 0 Å². The lowest BCUT2D eigenvalue weighted by Crippen LogP contribution is -2.19. The van der Waals surface area contributed by atoms with Crippen LogP contribution in [0.1, 0.15) is 32.4 Å². The van der Waals surface area contributed by atoms with Gasteiger partial charge in [-0.3, -0.25) is 0 Å². The highest BCUT2D eigenvalue weighted by Crippen LogP contribution is 2.34. The predicted molar refractivity (Wildman–Crippen MR) is 66.0 cm³/mol. The second kappa shape index (κ2) is 5.42. The standard InChI is InChI=1S/C12H18O.H2S/c1-12(2,3)11(13-4)10-8-6-5-7-9-10;/h5-9,11H,1-4H3;1H2/t11-;/m0./s1. The Labute approximate surface area is 93.9 Å². The topological polar surface area (TPSA) is 9.23 Å². The second-order valence-electron chi connectivity index (χ2n) is 4.39. The van der Waals surface area contributed by atoms with Gasteiger partial charge in [0.25, 0.3) is 0 Å². The molecule has 0 saturated heterocycles. The second-order valence-corrected chi connectivity index (χ2v) is 4.39. The molecule has 1 aromatic carbocycles. The Bertz CT molecular complexity index is 251. The first-order valence-electron chi connectivity index (χ1n) is 4.63. The van der Waals surface area contributed by atoms with Gasteiger partial charge in [-0.15, -0.1) is 0 Å². The van der Waals surface area contributed by atoms with Crippen molar-refractivity contribution in [2.75, 3.05) is 7.11 Å². The largest absolute Gasteiger partial charge is 0.376 e. The monoisotopic (exact) mass is 212 g/mol. The summed E-state index contributed by atoms with van der Waals surface area (Å²) in [6.07, 6.45) is 0.175. The van der Waals surface area contributed by atoms with Gasteiger partial charge in [0.2, 0.25) is 0 Å². The van der Waals surface area contributed by atoms with Gasteiger partial charge in [-0.2, -0.15) is 13.5 Å². The number of rotatable bonds is 2. The zero-order valence-electron chi connectivity index (χ0n) is 9.37. The summed E-state index contributed by atoms with van der Waals surface area (Å²) in [6.45, 7) is 6.57. The van der Waals surface area contributed by atoms with Gasteiger partial charge in [-0.1, -0.05) is 51.1 Å². The summed E-state index contributed by atoms with van der Waals surface area (Å²) in [5.41, 5.74) is 1.40. The van der Waals surface area contributed by atoms with Crippen LogP contribution in [0.15, 0.2) is 30.3 Å². The van der Waals surface area contributed by atoms with Crippen LogP contribution in [-0.2, 0) is 4.74 Å². The minimum absolute atomic E-state index is 0. The van der Waals surface area contributed by atoms with Crippen molar-refractivity contribution in [2.24, 2.45) is 5.41 Å². The van der Waals surface area contributed by atoms with Gasteiger partial charge in [-0.25, -0.2) is 0 Å². The maximum absolute atomic E-state index is 5.50. The smallest absolute Gasteiger partial charge is 0.0869 e. The number of methoxy groups -OCH3 is 1. The zero-order valence-corrected chi connectivity index (χ0v) is 10.4. The highest BCUT2D eigenvalue weighted by molar-refractivity contribution is 7.59. The summed E-state index contributed by atoms with van der Waals surface area (Å²) in [6, 6.07) is 10.3. The zero-order chi connectivity index (χ0) is 9.90. The minimum atomic E-state index is 0. The normalized spacial score (nSPS) is 13.1. The fourth-order valence-electron chi connectivity index (χ4n) is 1.62. The van der Waals surface area contributed by atoms with Gasteiger partial charge in [0.1, 0.15) is 0 Å². The van der Waals surface area contributed by atoms with Crippen LogP contribution in [-0.4, -0.2) is 7.11 Å². The molecular weight excluding hydrogens is 192 g/mol. The molecule has 1 nitrogen and oxygen atoms in total. The van der Waals surface area contributed by atoms with Crippen molar-refractivity contribution >= 4 is 13.5 Å². The van der Waals surface area contributed by atoms with Gasteiger partial charge in [0, 0.05) is 7.11 Å². The molecule has 0 bridgehead atoms. The lowest BCUT2D eigenvalue weighted by atomic mass is 9.85. The van der Waals surface area contributed by atoms with Crippen molar-refractivity contribution in [3.8, 4) is 0 Å². The van der Waals surface area contributed by atoms with Gasteiger partial charge in [-0.05, 0) is 11.0 Å². The third-order valence-corrected chi connectivity index (χ3v) is 2.12. The first-order chi connectivity index (χ1) is 6.05. The number of hydrogen-bond acceptors (Lipinski definition) is 1. The molecular formula is C12H20OS. The molecule has 0 N–H and O–H groups in total.